The van der Waals surface area contributed by atoms with E-state index in [1.807, 2.05) is 32.2 Å². The summed E-state index contributed by atoms with van der Waals surface area (Å²) in [7, 11) is 5.19. The predicted molar refractivity (Wildman–Crippen MR) is 105 cm³/mol. The van der Waals surface area contributed by atoms with Gasteiger partial charge >= 0.3 is 0 Å². The molecule has 2 aromatic rings. The fourth-order valence-corrected chi connectivity index (χ4v) is 2.74. The molecule has 0 aromatic heterocycles. The number of quaternary nitrogens is 1. The average molecular weight is 371 g/mol. The van der Waals surface area contributed by atoms with E-state index in [0.717, 1.165) is 22.0 Å². The van der Waals surface area contributed by atoms with Crippen LogP contribution >= 0.6 is 0 Å². The Labute approximate surface area is 160 Å². The zero-order valence-corrected chi connectivity index (χ0v) is 16.5. The first-order valence-corrected chi connectivity index (χ1v) is 8.80. The minimum absolute atomic E-state index is 0.0338. The molecule has 0 bridgehead atoms. The van der Waals surface area contributed by atoms with Crippen molar-refractivity contribution in [3.63, 3.8) is 0 Å². The maximum atomic E-state index is 12.6. The maximum absolute atomic E-state index is 12.6. The predicted octanol–water partition coefficient (Wildman–Crippen LogP) is 1.95. The van der Waals surface area contributed by atoms with Gasteiger partial charge in [-0.25, -0.2) is 0 Å². The van der Waals surface area contributed by atoms with Crippen LogP contribution in [0.2, 0.25) is 0 Å². The summed E-state index contributed by atoms with van der Waals surface area (Å²) in [6.07, 6.45) is 0. The van der Waals surface area contributed by atoms with Gasteiger partial charge in [-0.05, 0) is 38.1 Å². The molecule has 0 fully saturated rings. The summed E-state index contributed by atoms with van der Waals surface area (Å²) in [5, 5.41) is 2.89. The van der Waals surface area contributed by atoms with E-state index in [4.69, 9.17) is 9.47 Å². The van der Waals surface area contributed by atoms with E-state index in [1.54, 1.807) is 38.5 Å². The molecule has 1 amide bonds. The molecule has 0 saturated heterocycles. The molecule has 144 valence electrons. The number of rotatable bonds is 8. The zero-order chi connectivity index (χ0) is 20.0. The largest absolute Gasteiger partial charge is 0.497 e. The topological polar surface area (TPSA) is 69.1 Å². The van der Waals surface area contributed by atoms with Crippen LogP contribution in [0.15, 0.2) is 42.5 Å². The van der Waals surface area contributed by atoms with Gasteiger partial charge in [-0.2, -0.15) is 0 Å². The van der Waals surface area contributed by atoms with Crippen LogP contribution in [-0.4, -0.2) is 39.0 Å². The number of benzene rings is 2. The van der Waals surface area contributed by atoms with Crippen molar-refractivity contribution in [3.05, 3.63) is 53.6 Å². The van der Waals surface area contributed by atoms with Crippen molar-refractivity contribution in [2.24, 2.45) is 0 Å². The third-order valence-electron chi connectivity index (χ3n) is 4.63. The second-order valence-corrected chi connectivity index (χ2v) is 6.55. The summed E-state index contributed by atoms with van der Waals surface area (Å²) in [4.78, 5) is 25.1. The van der Waals surface area contributed by atoms with E-state index in [1.165, 1.54) is 6.92 Å². The molecule has 0 aliphatic heterocycles. The SMILES string of the molecule is COc1ccc(C[NH+](C)[C@@H](C)C(=O)Nc2cccc(C(C)=O)c2)c(OC)c1. The van der Waals surface area contributed by atoms with Crippen LogP contribution < -0.4 is 19.7 Å². The number of Topliss-reactive ketones (excluding diaryl/α,β-unsaturated/α-hetero) is 1. The summed E-state index contributed by atoms with van der Waals surface area (Å²) in [6.45, 7) is 3.99. The molecule has 2 N–H and O–H groups in total. The van der Waals surface area contributed by atoms with Crippen LogP contribution in [-0.2, 0) is 11.3 Å². The Kier molecular flexibility index (Phi) is 6.96. The first-order chi connectivity index (χ1) is 12.8. The number of carbonyl (C=O) groups excluding carboxylic acids is 2. The van der Waals surface area contributed by atoms with E-state index in [0.29, 0.717) is 17.8 Å². The summed E-state index contributed by atoms with van der Waals surface area (Å²) in [5.74, 6) is 1.31. The fourth-order valence-electron chi connectivity index (χ4n) is 2.74. The number of ether oxygens (including phenoxy) is 2. The van der Waals surface area contributed by atoms with E-state index in [-0.39, 0.29) is 17.7 Å². The number of methoxy groups -OCH3 is 2. The van der Waals surface area contributed by atoms with Gasteiger partial charge in [0.25, 0.3) is 5.91 Å². The highest BCUT2D eigenvalue weighted by molar-refractivity contribution is 5.97. The van der Waals surface area contributed by atoms with Gasteiger partial charge in [-0.1, -0.05) is 12.1 Å². The fraction of sp³-hybridized carbons (Fsp3) is 0.333. The Morgan fingerprint density at radius 1 is 1.11 bits per heavy atom. The van der Waals surface area contributed by atoms with Crippen LogP contribution in [0.1, 0.15) is 29.8 Å². The summed E-state index contributed by atoms with van der Waals surface area (Å²) in [5.41, 5.74) is 2.19. The number of amides is 1. The number of likely N-dealkylation sites (N-methyl/N-ethyl adjacent to an activating group) is 1. The van der Waals surface area contributed by atoms with Crippen LogP contribution in [0.5, 0.6) is 11.5 Å². The molecule has 2 rings (SSSR count). The molecule has 2 atom stereocenters. The highest BCUT2D eigenvalue weighted by Crippen LogP contribution is 2.23. The maximum Gasteiger partial charge on any atom is 0.282 e. The Hall–Kier alpha value is -2.86. The van der Waals surface area contributed by atoms with Crippen LogP contribution in [0, 0.1) is 0 Å². The van der Waals surface area contributed by atoms with Crippen molar-refractivity contribution in [3.8, 4) is 11.5 Å². The molecular weight excluding hydrogens is 344 g/mol. The highest BCUT2D eigenvalue weighted by atomic mass is 16.5. The first-order valence-electron chi connectivity index (χ1n) is 8.80. The second kappa shape index (κ2) is 9.19. The van der Waals surface area contributed by atoms with Gasteiger partial charge in [0.05, 0.1) is 21.3 Å². The summed E-state index contributed by atoms with van der Waals surface area (Å²) >= 11 is 0. The molecule has 27 heavy (non-hydrogen) atoms. The van der Waals surface area contributed by atoms with Crippen molar-refractivity contribution in [2.45, 2.75) is 26.4 Å². The number of anilines is 1. The lowest BCUT2D eigenvalue weighted by Crippen LogP contribution is -3.12. The van der Waals surface area contributed by atoms with Crippen LogP contribution in [0.3, 0.4) is 0 Å². The van der Waals surface area contributed by atoms with E-state index >= 15 is 0 Å². The van der Waals surface area contributed by atoms with Gasteiger partial charge in [0.2, 0.25) is 0 Å². The molecule has 0 aliphatic rings. The number of hydrogen-bond donors (Lipinski definition) is 2. The Bertz CT molecular complexity index is 820. The number of ketones is 1. The van der Waals surface area contributed by atoms with Crippen molar-refractivity contribution in [1.82, 2.24) is 0 Å². The molecule has 0 radical (unpaired) electrons. The second-order valence-electron chi connectivity index (χ2n) is 6.55. The molecule has 1 unspecified atom stereocenters. The third kappa shape index (κ3) is 5.31. The summed E-state index contributed by atoms with van der Waals surface area (Å²) in [6, 6.07) is 12.3. The van der Waals surface area contributed by atoms with E-state index in [2.05, 4.69) is 5.32 Å². The zero-order valence-electron chi connectivity index (χ0n) is 16.5. The monoisotopic (exact) mass is 371 g/mol. The molecule has 6 nitrogen and oxygen atoms in total. The van der Waals surface area contributed by atoms with Gasteiger partial charge in [0.15, 0.2) is 11.8 Å². The summed E-state index contributed by atoms with van der Waals surface area (Å²) < 4.78 is 10.7. The van der Waals surface area contributed by atoms with E-state index < -0.39 is 0 Å². The lowest BCUT2D eigenvalue weighted by molar-refractivity contribution is -0.907. The average Bonchev–Trinajstić information content (AvgIpc) is 2.67. The van der Waals surface area contributed by atoms with Gasteiger partial charge in [-0.15, -0.1) is 0 Å². The first kappa shape index (κ1) is 20.5. The minimum atomic E-state index is -0.294. The van der Waals surface area contributed by atoms with Crippen molar-refractivity contribution < 1.29 is 24.0 Å². The molecule has 0 saturated carbocycles. The van der Waals surface area contributed by atoms with Gasteiger partial charge in [-0.3, -0.25) is 9.59 Å². The number of nitrogens with one attached hydrogen (secondary N) is 2. The molecular formula is C21H27N2O4+. The lowest BCUT2D eigenvalue weighted by atomic mass is 10.1. The quantitative estimate of drug-likeness (QED) is 0.696. The number of hydrogen-bond acceptors (Lipinski definition) is 4. The Morgan fingerprint density at radius 3 is 2.48 bits per heavy atom. The van der Waals surface area contributed by atoms with Crippen molar-refractivity contribution in [2.75, 3.05) is 26.6 Å². The Balaban J connectivity index is 2.06. The normalized spacial score (nSPS) is 12.8. The van der Waals surface area contributed by atoms with Crippen molar-refractivity contribution >= 4 is 17.4 Å². The molecule has 0 spiro atoms. The van der Waals surface area contributed by atoms with Crippen LogP contribution in [0.4, 0.5) is 5.69 Å². The van der Waals surface area contributed by atoms with Gasteiger partial charge < -0.3 is 19.7 Å². The number of carbonyl (C=O) groups is 2. The third-order valence-corrected chi connectivity index (χ3v) is 4.63. The minimum Gasteiger partial charge on any atom is -0.497 e. The standard InChI is InChI=1S/C21H26N2O4/c1-14(21(25)22-18-8-6-7-16(11-18)15(2)24)23(3)13-17-9-10-19(26-4)12-20(17)27-5/h6-12,14H,13H2,1-5H3,(H,22,25)/p+1/t14-/m0/s1. The van der Waals surface area contributed by atoms with E-state index in [9.17, 15) is 9.59 Å². The van der Waals surface area contributed by atoms with Crippen molar-refractivity contribution in [1.29, 1.82) is 0 Å². The molecule has 0 heterocycles. The molecule has 2 aromatic carbocycles. The van der Waals surface area contributed by atoms with Crippen LogP contribution in [0.25, 0.3) is 0 Å². The highest BCUT2D eigenvalue weighted by Gasteiger charge is 2.23. The van der Waals surface area contributed by atoms with Gasteiger partial charge in [0, 0.05) is 22.9 Å². The smallest absolute Gasteiger partial charge is 0.282 e. The van der Waals surface area contributed by atoms with Gasteiger partial charge in [0.1, 0.15) is 18.0 Å². The lowest BCUT2D eigenvalue weighted by Gasteiger charge is -2.22. The molecule has 0 aliphatic carbocycles. The Morgan fingerprint density at radius 2 is 1.85 bits per heavy atom. The molecule has 6 heteroatoms.